The summed E-state index contributed by atoms with van der Waals surface area (Å²) in [6, 6.07) is 3.20. The van der Waals surface area contributed by atoms with Gasteiger partial charge in [-0.3, -0.25) is 0 Å². The molecule has 2 rings (SSSR count). The Hall–Kier alpha value is -1.49. The maximum absolute atomic E-state index is 12.8. The Morgan fingerprint density at radius 2 is 1.87 bits per heavy atom. The van der Waals surface area contributed by atoms with E-state index in [-0.39, 0.29) is 17.6 Å². The van der Waals surface area contributed by atoms with Gasteiger partial charge in [-0.2, -0.15) is 4.98 Å². The molecule has 0 radical (unpaired) electrons. The first kappa shape index (κ1) is 10.0. The number of hydrogen-bond acceptors (Lipinski definition) is 3. The molecule has 15 heavy (non-hydrogen) atoms. The second kappa shape index (κ2) is 3.94. The van der Waals surface area contributed by atoms with Gasteiger partial charge in [0.25, 0.3) is 0 Å². The second-order valence-electron chi connectivity index (χ2n) is 2.92. The zero-order valence-electron chi connectivity index (χ0n) is 7.38. The van der Waals surface area contributed by atoms with Crippen molar-refractivity contribution in [3.05, 3.63) is 46.6 Å². The van der Waals surface area contributed by atoms with Crippen LogP contribution in [0.15, 0.2) is 22.7 Å². The Labute approximate surface area is 88.7 Å². The van der Waals surface area contributed by atoms with Gasteiger partial charge >= 0.3 is 5.35 Å². The Morgan fingerprint density at radius 3 is 2.40 bits per heavy atom. The van der Waals surface area contributed by atoms with Crippen LogP contribution >= 0.6 is 11.6 Å². The molecule has 0 atom stereocenters. The standard InChI is InChI=1S/C9H5ClF2N2O/c10-9-13-8(14-15-9)3-5-1-6(11)4-7(12)2-5/h1-2,4H,3H2. The van der Waals surface area contributed by atoms with Crippen molar-refractivity contribution in [3.63, 3.8) is 0 Å². The maximum atomic E-state index is 12.8. The highest BCUT2D eigenvalue weighted by molar-refractivity contribution is 6.27. The summed E-state index contributed by atoms with van der Waals surface area (Å²) in [5, 5.41) is 3.41. The molecule has 3 nitrogen and oxygen atoms in total. The number of benzene rings is 1. The topological polar surface area (TPSA) is 38.9 Å². The Kier molecular flexibility index (Phi) is 2.64. The predicted octanol–water partition coefficient (Wildman–Crippen LogP) is 2.59. The molecular weight excluding hydrogens is 226 g/mol. The molecule has 0 aliphatic heterocycles. The van der Waals surface area contributed by atoms with Crippen LogP contribution in [0.2, 0.25) is 5.35 Å². The van der Waals surface area contributed by atoms with Gasteiger partial charge in [-0.25, -0.2) is 8.78 Å². The molecule has 0 spiro atoms. The van der Waals surface area contributed by atoms with Crippen LogP contribution in [0.25, 0.3) is 0 Å². The molecule has 0 aliphatic carbocycles. The first-order chi connectivity index (χ1) is 7.13. The summed E-state index contributed by atoms with van der Waals surface area (Å²) in [7, 11) is 0. The molecule has 0 unspecified atom stereocenters. The van der Waals surface area contributed by atoms with Gasteiger partial charge in [0, 0.05) is 12.5 Å². The van der Waals surface area contributed by atoms with Crippen LogP contribution in [0, 0.1) is 11.6 Å². The summed E-state index contributed by atoms with van der Waals surface area (Å²) in [6.07, 6.45) is 0.172. The molecular formula is C9H5ClF2N2O. The summed E-state index contributed by atoms with van der Waals surface area (Å²) in [5.41, 5.74) is 0.421. The van der Waals surface area contributed by atoms with Crippen LogP contribution in [0.4, 0.5) is 8.78 Å². The molecule has 1 aromatic heterocycles. The first-order valence-corrected chi connectivity index (χ1v) is 4.44. The molecule has 0 amide bonds. The van der Waals surface area contributed by atoms with Crippen molar-refractivity contribution in [2.75, 3.05) is 0 Å². The lowest BCUT2D eigenvalue weighted by Gasteiger charge is -1.97. The van der Waals surface area contributed by atoms with Crippen molar-refractivity contribution in [3.8, 4) is 0 Å². The molecule has 2 aromatic rings. The van der Waals surface area contributed by atoms with Gasteiger partial charge in [-0.1, -0.05) is 5.16 Å². The fraction of sp³-hybridized carbons (Fsp3) is 0.111. The average Bonchev–Trinajstić information content (AvgIpc) is 2.49. The lowest BCUT2D eigenvalue weighted by atomic mass is 10.1. The number of halogens is 3. The molecule has 0 bridgehead atoms. The number of rotatable bonds is 2. The molecule has 0 saturated carbocycles. The third-order valence-electron chi connectivity index (χ3n) is 1.73. The van der Waals surface area contributed by atoms with Gasteiger partial charge in [-0.05, 0) is 29.3 Å². The number of aromatic nitrogens is 2. The second-order valence-corrected chi connectivity index (χ2v) is 3.24. The predicted molar refractivity (Wildman–Crippen MR) is 48.5 cm³/mol. The van der Waals surface area contributed by atoms with Crippen LogP contribution in [-0.2, 0) is 6.42 Å². The van der Waals surface area contributed by atoms with E-state index in [2.05, 4.69) is 14.7 Å². The van der Waals surface area contributed by atoms with Crippen molar-refractivity contribution in [1.82, 2.24) is 10.1 Å². The van der Waals surface area contributed by atoms with Crippen molar-refractivity contribution < 1.29 is 13.3 Å². The summed E-state index contributed by atoms with van der Waals surface area (Å²) in [5.74, 6) is -0.996. The van der Waals surface area contributed by atoms with E-state index in [0.29, 0.717) is 5.56 Å². The SMILES string of the molecule is Fc1cc(F)cc(Cc2noc(Cl)n2)c1. The summed E-state index contributed by atoms with van der Waals surface area (Å²) in [4.78, 5) is 3.71. The Morgan fingerprint density at radius 1 is 1.20 bits per heavy atom. The van der Waals surface area contributed by atoms with E-state index in [1.165, 1.54) is 12.1 Å². The third-order valence-corrected chi connectivity index (χ3v) is 1.88. The quantitative estimate of drug-likeness (QED) is 0.796. The minimum Gasteiger partial charge on any atom is -0.321 e. The molecule has 6 heteroatoms. The third kappa shape index (κ3) is 2.50. The van der Waals surface area contributed by atoms with E-state index < -0.39 is 11.6 Å². The van der Waals surface area contributed by atoms with Gasteiger partial charge in [0.05, 0.1) is 0 Å². The number of hydrogen-bond donors (Lipinski definition) is 0. The highest BCUT2D eigenvalue weighted by Crippen LogP contribution is 2.12. The Balaban J connectivity index is 2.24. The summed E-state index contributed by atoms with van der Waals surface area (Å²) in [6.45, 7) is 0. The van der Waals surface area contributed by atoms with E-state index in [9.17, 15) is 8.78 Å². The Bertz CT molecular complexity index is 466. The van der Waals surface area contributed by atoms with Crippen molar-refractivity contribution in [2.45, 2.75) is 6.42 Å². The van der Waals surface area contributed by atoms with Gasteiger partial charge in [0.15, 0.2) is 5.82 Å². The lowest BCUT2D eigenvalue weighted by molar-refractivity contribution is 0.413. The summed E-state index contributed by atoms with van der Waals surface area (Å²) < 4.78 is 30.1. The molecule has 1 aromatic carbocycles. The monoisotopic (exact) mass is 230 g/mol. The minimum atomic E-state index is -0.639. The van der Waals surface area contributed by atoms with E-state index >= 15 is 0 Å². The normalized spacial score (nSPS) is 10.6. The highest BCUT2D eigenvalue weighted by atomic mass is 35.5. The van der Waals surface area contributed by atoms with E-state index in [1.54, 1.807) is 0 Å². The first-order valence-electron chi connectivity index (χ1n) is 4.06. The van der Waals surface area contributed by atoms with Crippen LogP contribution in [-0.4, -0.2) is 10.1 Å². The van der Waals surface area contributed by atoms with E-state index in [0.717, 1.165) is 6.07 Å². The van der Waals surface area contributed by atoms with Crippen LogP contribution in [0.5, 0.6) is 0 Å². The zero-order chi connectivity index (χ0) is 10.8. The fourth-order valence-corrected chi connectivity index (χ4v) is 1.33. The van der Waals surface area contributed by atoms with Gasteiger partial charge in [0.2, 0.25) is 0 Å². The average molecular weight is 231 g/mol. The van der Waals surface area contributed by atoms with Crippen molar-refractivity contribution in [1.29, 1.82) is 0 Å². The minimum absolute atomic E-state index is 0.0955. The van der Waals surface area contributed by atoms with Crippen LogP contribution in [0.1, 0.15) is 11.4 Å². The highest BCUT2D eigenvalue weighted by Gasteiger charge is 2.07. The zero-order valence-corrected chi connectivity index (χ0v) is 8.13. The van der Waals surface area contributed by atoms with Crippen LogP contribution < -0.4 is 0 Å². The van der Waals surface area contributed by atoms with Gasteiger partial charge in [0.1, 0.15) is 11.6 Å². The lowest BCUT2D eigenvalue weighted by Crippen LogP contribution is -1.93. The molecule has 78 valence electrons. The van der Waals surface area contributed by atoms with E-state index in [1.807, 2.05) is 0 Å². The molecule has 0 saturated heterocycles. The van der Waals surface area contributed by atoms with Gasteiger partial charge in [-0.15, -0.1) is 0 Å². The maximum Gasteiger partial charge on any atom is 0.320 e. The van der Waals surface area contributed by atoms with Crippen molar-refractivity contribution in [2.24, 2.45) is 0 Å². The number of nitrogens with zero attached hydrogens (tertiary/aromatic N) is 2. The summed E-state index contributed by atoms with van der Waals surface area (Å²) >= 11 is 5.40. The fourth-order valence-electron chi connectivity index (χ4n) is 1.20. The molecule has 0 N–H and O–H groups in total. The van der Waals surface area contributed by atoms with E-state index in [4.69, 9.17) is 11.6 Å². The molecule has 1 heterocycles. The van der Waals surface area contributed by atoms with Crippen LogP contribution in [0.3, 0.4) is 0 Å². The molecule has 0 fully saturated rings. The smallest absolute Gasteiger partial charge is 0.320 e. The van der Waals surface area contributed by atoms with Crippen molar-refractivity contribution >= 4 is 11.6 Å². The molecule has 0 aliphatic rings. The largest absolute Gasteiger partial charge is 0.321 e. The van der Waals surface area contributed by atoms with Gasteiger partial charge < -0.3 is 4.52 Å².